The molecule has 3 rings (SSSR count). The van der Waals surface area contributed by atoms with E-state index in [1.165, 1.54) is 6.33 Å². The van der Waals surface area contributed by atoms with Gasteiger partial charge < -0.3 is 9.72 Å². The zero-order chi connectivity index (χ0) is 14.7. The molecule has 3 heterocycles. The molecule has 7 heteroatoms. The zero-order valence-electron chi connectivity index (χ0n) is 11.1. The van der Waals surface area contributed by atoms with Crippen LogP contribution in [0.15, 0.2) is 53.8 Å². The summed E-state index contributed by atoms with van der Waals surface area (Å²) in [6, 6.07) is 8.91. The molecule has 0 aromatic carbocycles. The molecule has 0 unspecified atom stereocenters. The first-order valence-electron chi connectivity index (χ1n) is 6.43. The van der Waals surface area contributed by atoms with E-state index in [0.717, 1.165) is 10.4 Å². The van der Waals surface area contributed by atoms with Crippen LogP contribution in [0.1, 0.15) is 5.69 Å². The lowest BCUT2D eigenvalue weighted by molar-refractivity contribution is -0.122. The number of carbonyl (C=O) groups excluding carboxylic acids is 1. The van der Waals surface area contributed by atoms with Gasteiger partial charge in [-0.15, -0.1) is 0 Å². The Morgan fingerprint density at radius 1 is 1.24 bits per heavy atom. The first-order chi connectivity index (χ1) is 10.2. The minimum atomic E-state index is -0.296. The Bertz CT molecular complexity index is 822. The van der Waals surface area contributed by atoms with Gasteiger partial charge in [0.2, 0.25) is 5.91 Å². The summed E-state index contributed by atoms with van der Waals surface area (Å²) < 4.78 is 2.76. The van der Waals surface area contributed by atoms with Gasteiger partial charge in [-0.3, -0.25) is 14.6 Å². The Labute approximate surface area is 119 Å². The van der Waals surface area contributed by atoms with Crippen LogP contribution in [0.2, 0.25) is 0 Å². The molecule has 0 saturated heterocycles. The standard InChI is InChI=1S/C14H13N5O2/c20-13(16-8-11-4-1-2-6-15-11)9-19-14(21)12-5-3-7-18(12)10-17-19/h1-7,10H,8-9H2,(H,16,20). The number of hydrogen-bond acceptors (Lipinski definition) is 4. The van der Waals surface area contributed by atoms with Crippen LogP contribution in [0.3, 0.4) is 0 Å². The summed E-state index contributed by atoms with van der Waals surface area (Å²) in [6.07, 6.45) is 4.89. The van der Waals surface area contributed by atoms with Crippen molar-refractivity contribution in [2.45, 2.75) is 13.1 Å². The fraction of sp³-hybridized carbons (Fsp3) is 0.143. The summed E-state index contributed by atoms with van der Waals surface area (Å²) in [4.78, 5) is 28.1. The predicted molar refractivity (Wildman–Crippen MR) is 75.5 cm³/mol. The number of aromatic nitrogens is 4. The fourth-order valence-electron chi connectivity index (χ4n) is 1.97. The Balaban J connectivity index is 1.69. The van der Waals surface area contributed by atoms with E-state index < -0.39 is 0 Å². The Hall–Kier alpha value is -2.96. The molecule has 3 aromatic rings. The van der Waals surface area contributed by atoms with Gasteiger partial charge in [-0.1, -0.05) is 6.07 Å². The summed E-state index contributed by atoms with van der Waals surface area (Å²) in [5, 5.41) is 6.67. The molecule has 0 fully saturated rings. The van der Waals surface area contributed by atoms with Gasteiger partial charge in [0.1, 0.15) is 18.4 Å². The van der Waals surface area contributed by atoms with E-state index in [1.807, 2.05) is 18.2 Å². The minimum absolute atomic E-state index is 0.118. The maximum Gasteiger partial charge on any atom is 0.291 e. The average Bonchev–Trinajstić information content (AvgIpc) is 2.98. The maximum atomic E-state index is 12.1. The van der Waals surface area contributed by atoms with Crippen LogP contribution in [0.25, 0.3) is 5.52 Å². The molecule has 21 heavy (non-hydrogen) atoms. The maximum absolute atomic E-state index is 12.1. The Morgan fingerprint density at radius 2 is 2.14 bits per heavy atom. The lowest BCUT2D eigenvalue weighted by atomic mass is 10.3. The minimum Gasteiger partial charge on any atom is -0.349 e. The number of amides is 1. The van der Waals surface area contributed by atoms with Crippen molar-refractivity contribution in [3.8, 4) is 0 Å². The zero-order valence-corrected chi connectivity index (χ0v) is 11.1. The monoisotopic (exact) mass is 283 g/mol. The second-order valence-electron chi connectivity index (χ2n) is 4.49. The third kappa shape index (κ3) is 2.81. The number of rotatable bonds is 4. The summed E-state index contributed by atoms with van der Waals surface area (Å²) in [6.45, 7) is 0.204. The van der Waals surface area contributed by atoms with Crippen LogP contribution < -0.4 is 10.9 Å². The van der Waals surface area contributed by atoms with Gasteiger partial charge in [-0.05, 0) is 24.3 Å². The van der Waals surface area contributed by atoms with E-state index >= 15 is 0 Å². The van der Waals surface area contributed by atoms with E-state index in [2.05, 4.69) is 15.4 Å². The summed E-state index contributed by atoms with van der Waals surface area (Å²) >= 11 is 0. The lowest BCUT2D eigenvalue weighted by Gasteiger charge is -2.06. The first kappa shape index (κ1) is 13.0. The molecule has 0 saturated carbocycles. The molecule has 0 bridgehead atoms. The highest BCUT2D eigenvalue weighted by molar-refractivity contribution is 5.75. The normalized spacial score (nSPS) is 10.7. The van der Waals surface area contributed by atoms with Crippen molar-refractivity contribution in [3.05, 3.63) is 65.1 Å². The largest absolute Gasteiger partial charge is 0.349 e. The van der Waals surface area contributed by atoms with Gasteiger partial charge in [0, 0.05) is 12.4 Å². The van der Waals surface area contributed by atoms with Crippen molar-refractivity contribution in [2.75, 3.05) is 0 Å². The highest BCUT2D eigenvalue weighted by Gasteiger charge is 2.08. The van der Waals surface area contributed by atoms with Crippen LogP contribution in [0.4, 0.5) is 0 Å². The number of fused-ring (bicyclic) bond motifs is 1. The molecule has 106 valence electrons. The molecule has 7 nitrogen and oxygen atoms in total. The van der Waals surface area contributed by atoms with E-state index in [9.17, 15) is 9.59 Å². The van der Waals surface area contributed by atoms with Crippen molar-refractivity contribution in [1.82, 2.24) is 24.5 Å². The average molecular weight is 283 g/mol. The highest BCUT2D eigenvalue weighted by Crippen LogP contribution is 1.96. The number of nitrogens with one attached hydrogen (secondary N) is 1. The summed E-state index contributed by atoms with van der Waals surface area (Å²) in [5.41, 5.74) is 0.950. The smallest absolute Gasteiger partial charge is 0.291 e. The van der Waals surface area contributed by atoms with E-state index in [1.54, 1.807) is 28.9 Å². The van der Waals surface area contributed by atoms with E-state index in [-0.39, 0.29) is 18.0 Å². The van der Waals surface area contributed by atoms with Crippen LogP contribution in [0, 0.1) is 0 Å². The van der Waals surface area contributed by atoms with Gasteiger partial charge in [-0.2, -0.15) is 5.10 Å². The number of pyridine rings is 1. The topological polar surface area (TPSA) is 81.3 Å². The third-order valence-corrected chi connectivity index (χ3v) is 3.03. The summed E-state index contributed by atoms with van der Waals surface area (Å²) in [5.74, 6) is -0.286. The molecule has 0 radical (unpaired) electrons. The van der Waals surface area contributed by atoms with Crippen molar-refractivity contribution in [1.29, 1.82) is 0 Å². The number of hydrogen-bond donors (Lipinski definition) is 1. The van der Waals surface area contributed by atoms with Crippen molar-refractivity contribution in [3.63, 3.8) is 0 Å². The van der Waals surface area contributed by atoms with Gasteiger partial charge >= 0.3 is 0 Å². The van der Waals surface area contributed by atoms with Gasteiger partial charge in [-0.25, -0.2) is 4.68 Å². The highest BCUT2D eigenvalue weighted by atomic mass is 16.2. The van der Waals surface area contributed by atoms with Crippen molar-refractivity contribution >= 4 is 11.4 Å². The van der Waals surface area contributed by atoms with Crippen molar-refractivity contribution < 1.29 is 4.79 Å². The first-order valence-corrected chi connectivity index (χ1v) is 6.43. The van der Waals surface area contributed by atoms with Crippen LogP contribution in [-0.4, -0.2) is 25.1 Å². The van der Waals surface area contributed by atoms with Gasteiger partial charge in [0.25, 0.3) is 5.56 Å². The second kappa shape index (κ2) is 5.58. The SMILES string of the molecule is O=C(Cn1ncn2cccc2c1=O)NCc1ccccn1. The molecule has 0 spiro atoms. The van der Waals surface area contributed by atoms with Crippen LogP contribution in [0.5, 0.6) is 0 Å². The third-order valence-electron chi connectivity index (χ3n) is 3.03. The summed E-state index contributed by atoms with van der Waals surface area (Å²) in [7, 11) is 0. The molecular formula is C14H13N5O2. The molecule has 1 N–H and O–H groups in total. The van der Waals surface area contributed by atoms with Gasteiger partial charge in [0.15, 0.2) is 0 Å². The molecule has 1 amide bonds. The molecular weight excluding hydrogens is 270 g/mol. The quantitative estimate of drug-likeness (QED) is 0.742. The van der Waals surface area contributed by atoms with Gasteiger partial charge in [0.05, 0.1) is 12.2 Å². The molecule has 3 aromatic heterocycles. The number of nitrogens with zero attached hydrogens (tertiary/aromatic N) is 4. The number of carbonyl (C=O) groups is 1. The molecule has 0 atom stereocenters. The lowest BCUT2D eigenvalue weighted by Crippen LogP contribution is -2.34. The Kier molecular flexibility index (Phi) is 3.46. The second-order valence-corrected chi connectivity index (χ2v) is 4.49. The molecule has 0 aliphatic rings. The fourth-order valence-corrected chi connectivity index (χ4v) is 1.97. The van der Waals surface area contributed by atoms with E-state index in [4.69, 9.17) is 0 Å². The van der Waals surface area contributed by atoms with Crippen molar-refractivity contribution in [2.24, 2.45) is 0 Å². The molecule has 0 aliphatic heterocycles. The van der Waals surface area contributed by atoms with Crippen LogP contribution in [-0.2, 0) is 17.9 Å². The van der Waals surface area contributed by atoms with E-state index in [0.29, 0.717) is 12.1 Å². The predicted octanol–water partition coefficient (Wildman–Crippen LogP) is 0.207. The van der Waals surface area contributed by atoms with Crippen LogP contribution >= 0.6 is 0 Å². The molecule has 0 aliphatic carbocycles. The Morgan fingerprint density at radius 3 is 2.95 bits per heavy atom.